The summed E-state index contributed by atoms with van der Waals surface area (Å²) < 4.78 is 37.2. The minimum atomic E-state index is -4.44. The number of thioether (sulfide) groups is 1. The fourth-order valence-electron chi connectivity index (χ4n) is 1.75. The van der Waals surface area contributed by atoms with E-state index >= 15 is 0 Å². The van der Waals surface area contributed by atoms with E-state index in [4.69, 9.17) is 0 Å². The van der Waals surface area contributed by atoms with Gasteiger partial charge in [0.2, 0.25) is 5.91 Å². The lowest BCUT2D eigenvalue weighted by molar-refractivity contribution is -0.138. The fraction of sp³-hybridized carbons (Fsp3) is 0.417. The molecule has 0 spiro atoms. The van der Waals surface area contributed by atoms with E-state index in [1.807, 2.05) is 0 Å². The highest BCUT2D eigenvalue weighted by molar-refractivity contribution is 8.00. The highest BCUT2D eigenvalue weighted by atomic mass is 32.2. The molecule has 3 amide bonds. The second-order valence-electron chi connectivity index (χ2n) is 4.36. The standard InChI is InChI=1S/C12H12F3N3O2S/c1-7(10(19)18-5-4-16-11(18)20)21-9-3-2-8(6-17-9)12(13,14)15/h2-3,6-7H,4-5H2,1H3,(H,16,20)/t7-/m1/s1. The molecule has 1 atom stereocenters. The maximum absolute atomic E-state index is 12.4. The molecular formula is C12H12F3N3O2S. The van der Waals surface area contributed by atoms with Crippen LogP contribution >= 0.6 is 11.8 Å². The van der Waals surface area contributed by atoms with Crippen molar-refractivity contribution in [3.05, 3.63) is 23.9 Å². The first-order chi connectivity index (χ1) is 9.79. The van der Waals surface area contributed by atoms with E-state index in [1.165, 1.54) is 6.07 Å². The summed E-state index contributed by atoms with van der Waals surface area (Å²) in [7, 11) is 0. The van der Waals surface area contributed by atoms with Crippen LogP contribution in [0.5, 0.6) is 0 Å². The number of pyridine rings is 1. The number of hydrogen-bond acceptors (Lipinski definition) is 4. The van der Waals surface area contributed by atoms with E-state index in [1.54, 1.807) is 6.92 Å². The molecule has 21 heavy (non-hydrogen) atoms. The molecule has 1 N–H and O–H groups in total. The lowest BCUT2D eigenvalue weighted by Gasteiger charge is -2.17. The number of hydrogen-bond donors (Lipinski definition) is 1. The molecule has 1 saturated heterocycles. The Bertz CT molecular complexity index is 548. The zero-order valence-corrected chi connectivity index (χ0v) is 11.8. The molecule has 0 radical (unpaired) electrons. The van der Waals surface area contributed by atoms with Crippen LogP contribution in [0.15, 0.2) is 23.4 Å². The number of rotatable bonds is 3. The molecule has 0 aliphatic carbocycles. The molecule has 0 bridgehead atoms. The summed E-state index contributed by atoms with van der Waals surface area (Å²) in [6.45, 7) is 2.28. The predicted octanol–water partition coefficient (Wildman–Crippen LogP) is 2.13. The van der Waals surface area contributed by atoms with E-state index in [9.17, 15) is 22.8 Å². The zero-order chi connectivity index (χ0) is 15.6. The molecule has 0 aromatic carbocycles. The molecule has 1 aromatic rings. The van der Waals surface area contributed by atoms with Crippen molar-refractivity contribution in [3.8, 4) is 0 Å². The fourth-order valence-corrected chi connectivity index (χ4v) is 2.60. The quantitative estimate of drug-likeness (QED) is 0.867. The average Bonchev–Trinajstić information content (AvgIpc) is 2.83. The maximum atomic E-state index is 12.4. The highest BCUT2D eigenvalue weighted by Crippen LogP contribution is 2.30. The Hall–Kier alpha value is -1.77. The van der Waals surface area contributed by atoms with Crippen LogP contribution in [0.4, 0.5) is 18.0 Å². The number of carbonyl (C=O) groups is 2. The van der Waals surface area contributed by atoms with Crippen molar-refractivity contribution in [2.45, 2.75) is 23.4 Å². The van der Waals surface area contributed by atoms with Gasteiger partial charge in [0, 0.05) is 19.3 Å². The minimum absolute atomic E-state index is 0.295. The summed E-state index contributed by atoms with van der Waals surface area (Å²) in [5, 5.41) is 2.19. The van der Waals surface area contributed by atoms with Crippen molar-refractivity contribution < 1.29 is 22.8 Å². The summed E-state index contributed by atoms with van der Waals surface area (Å²) in [6.07, 6.45) is -3.71. The molecule has 1 aliphatic heterocycles. The van der Waals surface area contributed by atoms with Gasteiger partial charge in [-0.25, -0.2) is 9.78 Å². The molecule has 5 nitrogen and oxygen atoms in total. The van der Waals surface area contributed by atoms with Crippen LogP contribution in [0.1, 0.15) is 12.5 Å². The predicted molar refractivity (Wildman–Crippen MR) is 69.7 cm³/mol. The van der Waals surface area contributed by atoms with Crippen molar-refractivity contribution in [3.63, 3.8) is 0 Å². The smallest absolute Gasteiger partial charge is 0.336 e. The Morgan fingerprint density at radius 3 is 2.67 bits per heavy atom. The van der Waals surface area contributed by atoms with Crippen LogP contribution in [-0.4, -0.2) is 40.2 Å². The largest absolute Gasteiger partial charge is 0.417 e. The van der Waals surface area contributed by atoms with Crippen LogP contribution < -0.4 is 5.32 Å². The number of aromatic nitrogens is 1. The van der Waals surface area contributed by atoms with Crippen LogP contribution in [-0.2, 0) is 11.0 Å². The van der Waals surface area contributed by atoms with Crippen molar-refractivity contribution in [1.82, 2.24) is 15.2 Å². The third kappa shape index (κ3) is 3.66. The number of alkyl halides is 3. The Balaban J connectivity index is 2.01. The van der Waals surface area contributed by atoms with Gasteiger partial charge in [-0.1, -0.05) is 11.8 Å². The van der Waals surface area contributed by atoms with Crippen LogP contribution in [0, 0.1) is 0 Å². The summed E-state index contributed by atoms with van der Waals surface area (Å²) in [5.74, 6) is -0.392. The van der Waals surface area contributed by atoms with Gasteiger partial charge in [-0.15, -0.1) is 0 Å². The monoisotopic (exact) mass is 319 g/mol. The first-order valence-electron chi connectivity index (χ1n) is 6.08. The second-order valence-corrected chi connectivity index (χ2v) is 5.73. The minimum Gasteiger partial charge on any atom is -0.336 e. The number of halogens is 3. The van der Waals surface area contributed by atoms with Crippen LogP contribution in [0.3, 0.4) is 0 Å². The summed E-state index contributed by atoms with van der Waals surface area (Å²) in [6, 6.07) is 1.67. The molecule has 9 heteroatoms. The topological polar surface area (TPSA) is 62.3 Å². The third-order valence-electron chi connectivity index (χ3n) is 2.83. The number of carbonyl (C=O) groups excluding carboxylic acids is 2. The Morgan fingerprint density at radius 2 is 2.19 bits per heavy atom. The van der Waals surface area contributed by atoms with Crippen molar-refractivity contribution in [2.75, 3.05) is 13.1 Å². The van der Waals surface area contributed by atoms with Gasteiger partial charge in [0.15, 0.2) is 0 Å². The van der Waals surface area contributed by atoms with E-state index in [0.29, 0.717) is 18.1 Å². The maximum Gasteiger partial charge on any atom is 0.417 e. The third-order valence-corrected chi connectivity index (χ3v) is 3.87. The molecule has 0 unspecified atom stereocenters. The SMILES string of the molecule is C[C@@H](Sc1ccc(C(F)(F)F)cn1)C(=O)N1CCNC1=O. The van der Waals surface area contributed by atoms with Gasteiger partial charge in [0.25, 0.3) is 0 Å². The van der Waals surface area contributed by atoms with Crippen LogP contribution in [0.25, 0.3) is 0 Å². The number of nitrogens with zero attached hydrogens (tertiary/aromatic N) is 2. The second kappa shape index (κ2) is 5.92. The number of imide groups is 1. The van der Waals surface area contributed by atoms with Crippen molar-refractivity contribution >= 4 is 23.7 Å². The van der Waals surface area contributed by atoms with Gasteiger partial charge in [-0.05, 0) is 19.1 Å². The first-order valence-corrected chi connectivity index (χ1v) is 6.96. The van der Waals surface area contributed by atoms with Gasteiger partial charge in [0.05, 0.1) is 15.8 Å². The molecule has 0 saturated carbocycles. The number of nitrogens with one attached hydrogen (secondary N) is 1. The summed E-state index contributed by atoms with van der Waals surface area (Å²) in [5.41, 5.74) is -0.843. The molecule has 1 aromatic heterocycles. The van der Waals surface area contributed by atoms with E-state index in [-0.39, 0.29) is 0 Å². The lowest BCUT2D eigenvalue weighted by atomic mass is 10.3. The van der Waals surface area contributed by atoms with E-state index in [2.05, 4.69) is 10.3 Å². The zero-order valence-electron chi connectivity index (χ0n) is 11.0. The molecule has 1 aliphatic rings. The molecular weight excluding hydrogens is 307 g/mol. The Kier molecular flexibility index (Phi) is 4.40. The molecule has 2 rings (SSSR count). The molecule has 114 valence electrons. The van der Waals surface area contributed by atoms with Gasteiger partial charge < -0.3 is 5.32 Å². The normalized spacial score (nSPS) is 16.8. The van der Waals surface area contributed by atoms with Gasteiger partial charge in [-0.2, -0.15) is 13.2 Å². The van der Waals surface area contributed by atoms with Crippen molar-refractivity contribution in [1.29, 1.82) is 0 Å². The average molecular weight is 319 g/mol. The summed E-state index contributed by atoms with van der Waals surface area (Å²) in [4.78, 5) is 28.2. The number of urea groups is 1. The highest BCUT2D eigenvalue weighted by Gasteiger charge is 2.32. The molecule has 1 fully saturated rings. The Labute approximate surface area is 122 Å². The molecule has 2 heterocycles. The van der Waals surface area contributed by atoms with Gasteiger partial charge >= 0.3 is 12.2 Å². The Morgan fingerprint density at radius 1 is 1.48 bits per heavy atom. The van der Waals surface area contributed by atoms with Crippen LogP contribution in [0.2, 0.25) is 0 Å². The lowest BCUT2D eigenvalue weighted by Crippen LogP contribution is -2.38. The van der Waals surface area contributed by atoms with E-state index < -0.39 is 28.9 Å². The first kappa shape index (κ1) is 15.6. The van der Waals surface area contributed by atoms with E-state index in [0.717, 1.165) is 28.9 Å². The number of amides is 3. The summed E-state index contributed by atoms with van der Waals surface area (Å²) >= 11 is 1.01. The van der Waals surface area contributed by atoms with Crippen molar-refractivity contribution in [2.24, 2.45) is 0 Å². The van der Waals surface area contributed by atoms with Gasteiger partial charge in [0.1, 0.15) is 0 Å². The van der Waals surface area contributed by atoms with Gasteiger partial charge in [-0.3, -0.25) is 9.69 Å².